The van der Waals surface area contributed by atoms with Crippen molar-refractivity contribution in [2.45, 2.75) is 26.2 Å². The molecule has 0 atom stereocenters. The van der Waals surface area contributed by atoms with Gasteiger partial charge >= 0.3 is 0 Å². The molecule has 0 radical (unpaired) electrons. The van der Waals surface area contributed by atoms with Crippen molar-refractivity contribution in [2.24, 2.45) is 16.6 Å². The highest BCUT2D eigenvalue weighted by Crippen LogP contribution is 2.16. The maximum Gasteiger partial charge on any atom is 0.193 e. The lowest BCUT2D eigenvalue weighted by Gasteiger charge is -2.27. The quantitative estimate of drug-likeness (QED) is 0.654. The normalized spacial score (nSPS) is 18.2. The summed E-state index contributed by atoms with van der Waals surface area (Å²) in [5.41, 5.74) is 8.30. The van der Waals surface area contributed by atoms with Crippen LogP contribution < -0.4 is 11.1 Å². The third-order valence-electron chi connectivity index (χ3n) is 3.97. The Balaban J connectivity index is 1.84. The molecule has 4 heteroatoms. The van der Waals surface area contributed by atoms with E-state index in [1.165, 1.54) is 31.5 Å². The molecule has 1 aromatic carbocycles. The van der Waals surface area contributed by atoms with Crippen molar-refractivity contribution in [1.82, 2.24) is 4.90 Å². The van der Waals surface area contributed by atoms with Crippen LogP contribution in [0.4, 0.5) is 5.69 Å². The van der Waals surface area contributed by atoms with E-state index in [0.29, 0.717) is 11.9 Å². The zero-order valence-corrected chi connectivity index (χ0v) is 12.6. The third-order valence-corrected chi connectivity index (χ3v) is 3.97. The monoisotopic (exact) mass is 274 g/mol. The lowest BCUT2D eigenvalue weighted by atomic mass is 9.97. The lowest BCUT2D eigenvalue weighted by molar-refractivity contribution is 0.224. The van der Waals surface area contributed by atoms with Crippen LogP contribution in [-0.4, -0.2) is 37.5 Å². The van der Waals surface area contributed by atoms with E-state index >= 15 is 0 Å². The Bertz CT molecular complexity index is 448. The number of nitrogens with one attached hydrogen (secondary N) is 1. The van der Waals surface area contributed by atoms with E-state index < -0.39 is 0 Å². The van der Waals surface area contributed by atoms with E-state index in [0.717, 1.165) is 18.7 Å². The molecule has 0 aromatic heterocycles. The Labute approximate surface area is 122 Å². The molecule has 20 heavy (non-hydrogen) atoms. The van der Waals surface area contributed by atoms with Gasteiger partial charge in [0.25, 0.3) is 0 Å². The molecule has 0 saturated carbocycles. The molecule has 0 amide bonds. The molecule has 110 valence electrons. The number of guanidine groups is 1. The number of rotatable bonds is 4. The van der Waals surface area contributed by atoms with E-state index in [2.05, 4.69) is 41.3 Å². The first-order valence-electron chi connectivity index (χ1n) is 7.51. The third kappa shape index (κ3) is 4.53. The largest absolute Gasteiger partial charge is 0.370 e. The Morgan fingerprint density at radius 1 is 1.40 bits per heavy atom. The number of hydrogen-bond donors (Lipinski definition) is 2. The Kier molecular flexibility index (Phi) is 5.41. The molecular formula is C16H26N4. The van der Waals surface area contributed by atoms with Crippen LogP contribution in [0.1, 0.15) is 25.3 Å². The zero-order chi connectivity index (χ0) is 14.4. The predicted octanol–water partition coefficient (Wildman–Crippen LogP) is 2.32. The van der Waals surface area contributed by atoms with Gasteiger partial charge in [0.1, 0.15) is 0 Å². The molecule has 1 aliphatic heterocycles. The molecule has 1 aliphatic rings. The van der Waals surface area contributed by atoms with Gasteiger partial charge in [-0.3, -0.25) is 4.99 Å². The SMILES string of the molecule is CCc1cccc(NC(N)=NCC2CCN(C)CC2)c1. The van der Waals surface area contributed by atoms with E-state index in [-0.39, 0.29) is 0 Å². The minimum Gasteiger partial charge on any atom is -0.370 e. The second kappa shape index (κ2) is 7.29. The topological polar surface area (TPSA) is 53.6 Å². The van der Waals surface area contributed by atoms with Crippen molar-refractivity contribution in [2.75, 3.05) is 32.0 Å². The number of anilines is 1. The van der Waals surface area contributed by atoms with Gasteiger partial charge in [-0.15, -0.1) is 0 Å². The van der Waals surface area contributed by atoms with Gasteiger partial charge in [-0.25, -0.2) is 0 Å². The molecule has 4 nitrogen and oxygen atoms in total. The summed E-state index contributed by atoms with van der Waals surface area (Å²) in [6, 6.07) is 8.32. The molecule has 0 bridgehead atoms. The van der Waals surface area contributed by atoms with Crippen LogP contribution in [-0.2, 0) is 6.42 Å². The zero-order valence-electron chi connectivity index (χ0n) is 12.6. The Morgan fingerprint density at radius 2 is 2.15 bits per heavy atom. The van der Waals surface area contributed by atoms with Crippen LogP contribution in [0.2, 0.25) is 0 Å². The van der Waals surface area contributed by atoms with Gasteiger partial charge in [0, 0.05) is 12.2 Å². The van der Waals surface area contributed by atoms with Crippen LogP contribution in [0.3, 0.4) is 0 Å². The number of nitrogens with zero attached hydrogens (tertiary/aromatic N) is 2. The van der Waals surface area contributed by atoms with Gasteiger partial charge in [0.05, 0.1) is 0 Å². The average Bonchev–Trinajstić information content (AvgIpc) is 2.47. The number of likely N-dealkylation sites (tertiary alicyclic amines) is 1. The molecule has 1 saturated heterocycles. The lowest BCUT2D eigenvalue weighted by Crippen LogP contribution is -2.32. The molecule has 2 rings (SSSR count). The van der Waals surface area contributed by atoms with E-state index in [1.807, 2.05) is 12.1 Å². The molecule has 1 fully saturated rings. The fraction of sp³-hybridized carbons (Fsp3) is 0.562. The summed E-state index contributed by atoms with van der Waals surface area (Å²) in [4.78, 5) is 6.86. The molecule has 0 aliphatic carbocycles. The van der Waals surface area contributed by atoms with Gasteiger partial charge in [0.15, 0.2) is 5.96 Å². The molecule has 3 N–H and O–H groups in total. The molecule has 1 heterocycles. The number of aryl methyl sites for hydroxylation is 1. The van der Waals surface area contributed by atoms with Crippen LogP contribution in [0.15, 0.2) is 29.3 Å². The Hall–Kier alpha value is -1.55. The Morgan fingerprint density at radius 3 is 2.85 bits per heavy atom. The summed E-state index contributed by atoms with van der Waals surface area (Å²) in [5.74, 6) is 1.20. The van der Waals surface area contributed by atoms with Crippen molar-refractivity contribution in [3.63, 3.8) is 0 Å². The fourth-order valence-corrected chi connectivity index (χ4v) is 2.53. The second-order valence-corrected chi connectivity index (χ2v) is 5.65. The van der Waals surface area contributed by atoms with Crippen LogP contribution in [0.25, 0.3) is 0 Å². The van der Waals surface area contributed by atoms with Crippen molar-refractivity contribution in [3.05, 3.63) is 29.8 Å². The van der Waals surface area contributed by atoms with Gasteiger partial charge in [-0.05, 0) is 63.0 Å². The summed E-state index contributed by atoms with van der Waals surface area (Å²) in [7, 11) is 2.18. The van der Waals surface area contributed by atoms with Gasteiger partial charge in [-0.1, -0.05) is 19.1 Å². The molecule has 0 unspecified atom stereocenters. The van der Waals surface area contributed by atoms with Crippen molar-refractivity contribution in [3.8, 4) is 0 Å². The number of hydrogen-bond acceptors (Lipinski definition) is 2. The summed E-state index contributed by atoms with van der Waals surface area (Å²) < 4.78 is 0. The highest BCUT2D eigenvalue weighted by molar-refractivity contribution is 5.92. The summed E-state index contributed by atoms with van der Waals surface area (Å²) >= 11 is 0. The second-order valence-electron chi connectivity index (χ2n) is 5.65. The minimum atomic E-state index is 0.525. The highest BCUT2D eigenvalue weighted by Gasteiger charge is 2.15. The van der Waals surface area contributed by atoms with E-state index in [1.54, 1.807) is 0 Å². The maximum absolute atomic E-state index is 5.97. The fourth-order valence-electron chi connectivity index (χ4n) is 2.53. The van der Waals surface area contributed by atoms with Gasteiger partial charge < -0.3 is 16.0 Å². The summed E-state index contributed by atoms with van der Waals surface area (Å²) in [6.07, 6.45) is 3.47. The summed E-state index contributed by atoms with van der Waals surface area (Å²) in [6.45, 7) is 5.33. The van der Waals surface area contributed by atoms with Crippen LogP contribution in [0.5, 0.6) is 0 Å². The standard InChI is InChI=1S/C16H26N4/c1-3-13-5-4-6-15(11-13)19-16(17)18-12-14-7-9-20(2)10-8-14/h4-6,11,14H,3,7-10,12H2,1-2H3,(H3,17,18,19). The minimum absolute atomic E-state index is 0.525. The van der Waals surface area contributed by atoms with Crippen molar-refractivity contribution in [1.29, 1.82) is 0 Å². The highest BCUT2D eigenvalue weighted by atomic mass is 15.1. The van der Waals surface area contributed by atoms with Crippen molar-refractivity contribution >= 4 is 11.6 Å². The van der Waals surface area contributed by atoms with Crippen LogP contribution in [0, 0.1) is 5.92 Å². The number of nitrogens with two attached hydrogens (primary N) is 1. The molecule has 0 spiro atoms. The first-order valence-corrected chi connectivity index (χ1v) is 7.51. The number of benzene rings is 1. The smallest absolute Gasteiger partial charge is 0.193 e. The van der Waals surface area contributed by atoms with Gasteiger partial charge in [0.2, 0.25) is 0 Å². The molecule has 1 aromatic rings. The maximum atomic E-state index is 5.97. The summed E-state index contributed by atoms with van der Waals surface area (Å²) in [5, 5.41) is 3.18. The average molecular weight is 274 g/mol. The van der Waals surface area contributed by atoms with E-state index in [4.69, 9.17) is 5.73 Å². The van der Waals surface area contributed by atoms with E-state index in [9.17, 15) is 0 Å². The number of aliphatic imine (C=N–C) groups is 1. The predicted molar refractivity (Wildman–Crippen MR) is 86.2 cm³/mol. The first-order chi connectivity index (χ1) is 9.67. The van der Waals surface area contributed by atoms with Gasteiger partial charge in [-0.2, -0.15) is 0 Å². The first kappa shape index (κ1) is 14.9. The number of piperidine rings is 1. The van der Waals surface area contributed by atoms with Crippen molar-refractivity contribution < 1.29 is 0 Å². The molecular weight excluding hydrogens is 248 g/mol. The van der Waals surface area contributed by atoms with Crippen LogP contribution >= 0.6 is 0 Å².